The van der Waals surface area contributed by atoms with Gasteiger partial charge in [-0.25, -0.2) is 15.0 Å². The molecule has 2 rings (SSSR count). The number of aromatic nitrogens is 2. The minimum atomic E-state index is 0.659. The van der Waals surface area contributed by atoms with Gasteiger partial charge in [0.2, 0.25) is 5.95 Å². The predicted molar refractivity (Wildman–Crippen MR) is 52.8 cm³/mol. The van der Waals surface area contributed by atoms with E-state index < -0.39 is 0 Å². The first kappa shape index (κ1) is 9.36. The van der Waals surface area contributed by atoms with Crippen molar-refractivity contribution < 1.29 is 4.74 Å². The van der Waals surface area contributed by atoms with E-state index in [9.17, 15) is 0 Å². The predicted octanol–water partition coefficient (Wildman–Crippen LogP) is 0.444. The molecule has 0 aromatic carbocycles. The summed E-state index contributed by atoms with van der Waals surface area (Å²) in [7, 11) is 0. The minimum absolute atomic E-state index is 0.659. The van der Waals surface area contributed by atoms with Gasteiger partial charge in [0.1, 0.15) is 0 Å². The van der Waals surface area contributed by atoms with Gasteiger partial charge in [0.25, 0.3) is 0 Å². The molecule has 14 heavy (non-hydrogen) atoms. The van der Waals surface area contributed by atoms with Crippen LogP contribution < -0.4 is 5.43 Å². The van der Waals surface area contributed by atoms with Crippen molar-refractivity contribution in [2.45, 2.75) is 6.92 Å². The lowest BCUT2D eigenvalue weighted by Gasteiger charge is -2.26. The molecule has 0 aliphatic carbocycles. The lowest BCUT2D eigenvalue weighted by Crippen LogP contribution is -2.40. The summed E-state index contributed by atoms with van der Waals surface area (Å²) >= 11 is 0. The highest BCUT2D eigenvalue weighted by Crippen LogP contribution is 2.02. The summed E-state index contributed by atoms with van der Waals surface area (Å²) in [4.78, 5) is 8.39. The molecule has 2 heterocycles. The minimum Gasteiger partial charge on any atom is -0.379 e. The third-order valence-corrected chi connectivity index (χ3v) is 2.06. The van der Waals surface area contributed by atoms with E-state index in [-0.39, 0.29) is 0 Å². The summed E-state index contributed by atoms with van der Waals surface area (Å²) in [5.74, 6) is 0.659. The molecule has 0 bridgehead atoms. The zero-order chi connectivity index (χ0) is 9.80. The van der Waals surface area contributed by atoms with Gasteiger partial charge < -0.3 is 4.74 Å². The van der Waals surface area contributed by atoms with Crippen LogP contribution in [0.4, 0.5) is 5.95 Å². The smallest absolute Gasteiger partial charge is 0.237 e. The third kappa shape index (κ3) is 2.40. The fourth-order valence-corrected chi connectivity index (χ4v) is 1.32. The summed E-state index contributed by atoms with van der Waals surface area (Å²) in [5.41, 5.74) is 4.12. The van der Waals surface area contributed by atoms with E-state index in [4.69, 9.17) is 4.74 Å². The number of nitrogens with one attached hydrogen (secondary N) is 1. The highest BCUT2D eigenvalue weighted by molar-refractivity contribution is 5.23. The number of hydrazine groups is 1. The molecule has 0 spiro atoms. The Morgan fingerprint density at radius 3 is 2.93 bits per heavy atom. The van der Waals surface area contributed by atoms with E-state index in [0.717, 1.165) is 32.0 Å². The molecule has 0 radical (unpaired) electrons. The van der Waals surface area contributed by atoms with Gasteiger partial charge in [-0.3, -0.25) is 5.43 Å². The number of aryl methyl sites for hydroxylation is 1. The molecule has 1 N–H and O–H groups in total. The van der Waals surface area contributed by atoms with E-state index in [1.54, 1.807) is 6.20 Å². The van der Waals surface area contributed by atoms with Crippen molar-refractivity contribution >= 4 is 5.95 Å². The number of morpholine rings is 1. The Morgan fingerprint density at radius 2 is 2.21 bits per heavy atom. The average molecular weight is 194 g/mol. The third-order valence-electron chi connectivity index (χ3n) is 2.06. The Hall–Kier alpha value is -1.20. The summed E-state index contributed by atoms with van der Waals surface area (Å²) in [6.07, 6.45) is 1.76. The van der Waals surface area contributed by atoms with Crippen molar-refractivity contribution in [3.8, 4) is 0 Å². The van der Waals surface area contributed by atoms with Crippen LogP contribution >= 0.6 is 0 Å². The highest BCUT2D eigenvalue weighted by Gasteiger charge is 2.10. The Balaban J connectivity index is 1.95. The van der Waals surface area contributed by atoms with Crippen LogP contribution in [0.2, 0.25) is 0 Å². The number of hydrogen-bond donors (Lipinski definition) is 1. The Bertz CT molecular complexity index is 299. The van der Waals surface area contributed by atoms with Crippen LogP contribution in [-0.2, 0) is 4.74 Å². The second-order valence-electron chi connectivity index (χ2n) is 3.23. The fourth-order valence-electron chi connectivity index (χ4n) is 1.32. The van der Waals surface area contributed by atoms with Crippen molar-refractivity contribution in [2.75, 3.05) is 31.7 Å². The summed E-state index contributed by atoms with van der Waals surface area (Å²) in [6, 6.07) is 1.88. The van der Waals surface area contributed by atoms with Gasteiger partial charge in [-0.15, -0.1) is 0 Å². The van der Waals surface area contributed by atoms with E-state index in [2.05, 4.69) is 20.4 Å². The zero-order valence-corrected chi connectivity index (χ0v) is 8.23. The molecule has 1 aromatic rings. The first-order valence-corrected chi connectivity index (χ1v) is 4.73. The first-order chi connectivity index (χ1) is 6.84. The van der Waals surface area contributed by atoms with Crippen LogP contribution in [0.3, 0.4) is 0 Å². The van der Waals surface area contributed by atoms with Crippen LogP contribution in [0.15, 0.2) is 12.3 Å². The van der Waals surface area contributed by atoms with Gasteiger partial charge in [-0.05, 0) is 13.0 Å². The molecular formula is C9H14N4O. The topological polar surface area (TPSA) is 50.3 Å². The quantitative estimate of drug-likeness (QED) is 0.740. The molecule has 1 aliphatic rings. The molecule has 0 atom stereocenters. The van der Waals surface area contributed by atoms with Crippen LogP contribution in [-0.4, -0.2) is 41.3 Å². The maximum Gasteiger partial charge on any atom is 0.237 e. The molecule has 1 saturated heterocycles. The van der Waals surface area contributed by atoms with Crippen LogP contribution in [0.1, 0.15) is 5.69 Å². The van der Waals surface area contributed by atoms with E-state index in [0.29, 0.717) is 5.95 Å². The Morgan fingerprint density at radius 1 is 1.43 bits per heavy atom. The van der Waals surface area contributed by atoms with Crippen molar-refractivity contribution in [1.82, 2.24) is 15.0 Å². The monoisotopic (exact) mass is 194 g/mol. The van der Waals surface area contributed by atoms with Crippen LogP contribution in [0.25, 0.3) is 0 Å². The van der Waals surface area contributed by atoms with E-state index in [1.807, 2.05) is 13.0 Å². The van der Waals surface area contributed by atoms with Crippen molar-refractivity contribution in [2.24, 2.45) is 0 Å². The largest absolute Gasteiger partial charge is 0.379 e. The Kier molecular flexibility index (Phi) is 2.90. The van der Waals surface area contributed by atoms with Crippen LogP contribution in [0.5, 0.6) is 0 Å². The van der Waals surface area contributed by atoms with Gasteiger partial charge in [0.15, 0.2) is 0 Å². The normalized spacial score (nSPS) is 18.1. The SMILES string of the molecule is Cc1ccnc(NN2CCOCC2)n1. The molecule has 0 amide bonds. The summed E-state index contributed by atoms with van der Waals surface area (Å²) in [5, 5.41) is 2.07. The van der Waals surface area contributed by atoms with Gasteiger partial charge in [-0.2, -0.15) is 0 Å². The maximum absolute atomic E-state index is 5.24. The first-order valence-electron chi connectivity index (χ1n) is 4.73. The summed E-state index contributed by atoms with van der Waals surface area (Å²) < 4.78 is 5.24. The molecule has 1 aliphatic heterocycles. The van der Waals surface area contributed by atoms with Gasteiger partial charge in [0.05, 0.1) is 13.2 Å². The molecular weight excluding hydrogens is 180 g/mol. The van der Waals surface area contributed by atoms with Gasteiger partial charge in [-0.1, -0.05) is 0 Å². The van der Waals surface area contributed by atoms with Crippen molar-refractivity contribution in [3.63, 3.8) is 0 Å². The number of rotatable bonds is 2. The second-order valence-corrected chi connectivity index (χ2v) is 3.23. The van der Waals surface area contributed by atoms with Crippen molar-refractivity contribution in [1.29, 1.82) is 0 Å². The lowest BCUT2D eigenvalue weighted by atomic mass is 10.5. The highest BCUT2D eigenvalue weighted by atomic mass is 16.5. The molecule has 5 heteroatoms. The van der Waals surface area contributed by atoms with Crippen LogP contribution in [0, 0.1) is 6.92 Å². The fraction of sp³-hybridized carbons (Fsp3) is 0.556. The second kappa shape index (κ2) is 4.34. The summed E-state index contributed by atoms with van der Waals surface area (Å²) in [6.45, 7) is 5.22. The van der Waals surface area contributed by atoms with E-state index in [1.165, 1.54) is 0 Å². The average Bonchev–Trinajstić information content (AvgIpc) is 2.19. The maximum atomic E-state index is 5.24. The number of ether oxygens (including phenoxy) is 1. The number of anilines is 1. The Labute approximate surface area is 83.1 Å². The molecule has 1 aromatic heterocycles. The standard InChI is InChI=1S/C9H14N4O/c1-8-2-3-10-9(11-8)12-13-4-6-14-7-5-13/h2-3H,4-7H2,1H3,(H,10,11,12). The molecule has 0 saturated carbocycles. The lowest BCUT2D eigenvalue weighted by molar-refractivity contribution is 0.0492. The molecule has 1 fully saturated rings. The zero-order valence-electron chi connectivity index (χ0n) is 8.23. The molecule has 76 valence electrons. The van der Waals surface area contributed by atoms with Crippen molar-refractivity contribution in [3.05, 3.63) is 18.0 Å². The van der Waals surface area contributed by atoms with Gasteiger partial charge in [0, 0.05) is 25.0 Å². The molecule has 5 nitrogen and oxygen atoms in total. The molecule has 0 unspecified atom stereocenters. The number of nitrogens with zero attached hydrogens (tertiary/aromatic N) is 3. The number of hydrogen-bond acceptors (Lipinski definition) is 5. The van der Waals surface area contributed by atoms with Gasteiger partial charge >= 0.3 is 0 Å². The van der Waals surface area contributed by atoms with E-state index >= 15 is 0 Å².